The van der Waals surface area contributed by atoms with Crippen molar-refractivity contribution in [3.8, 4) is 11.5 Å². The second kappa shape index (κ2) is 10.2. The molecule has 0 aliphatic heterocycles. The molecule has 0 aliphatic rings. The van der Waals surface area contributed by atoms with Crippen LogP contribution in [0.5, 0.6) is 11.5 Å². The van der Waals surface area contributed by atoms with E-state index < -0.39 is 0 Å². The van der Waals surface area contributed by atoms with Crippen LogP contribution in [0.2, 0.25) is 0 Å². The van der Waals surface area contributed by atoms with Crippen molar-refractivity contribution < 1.29 is 14.3 Å². The number of anilines is 1. The van der Waals surface area contributed by atoms with Gasteiger partial charge in [0, 0.05) is 13.1 Å². The fraction of sp³-hybridized carbons (Fsp3) is 0.471. The molecular weight excluding hydrogens is 372 g/mol. The van der Waals surface area contributed by atoms with Gasteiger partial charge in [-0.05, 0) is 31.0 Å². The largest absolute Gasteiger partial charge is 0.493 e. The fourth-order valence-corrected chi connectivity index (χ4v) is 4.03. The molecule has 9 heteroatoms. The van der Waals surface area contributed by atoms with Crippen molar-refractivity contribution >= 4 is 34.1 Å². The Hall–Kier alpha value is -2.00. The number of benzene rings is 1. The van der Waals surface area contributed by atoms with Crippen molar-refractivity contribution in [2.45, 2.75) is 36.4 Å². The van der Waals surface area contributed by atoms with Gasteiger partial charge in [0.2, 0.25) is 11.0 Å². The molecule has 7 nitrogen and oxygen atoms in total. The van der Waals surface area contributed by atoms with E-state index in [9.17, 15) is 4.79 Å². The lowest BCUT2D eigenvalue weighted by molar-refractivity contribution is -0.120. The zero-order valence-electron chi connectivity index (χ0n) is 15.4. The number of thioether (sulfide) groups is 1. The van der Waals surface area contributed by atoms with E-state index in [-0.39, 0.29) is 11.2 Å². The molecule has 26 heavy (non-hydrogen) atoms. The van der Waals surface area contributed by atoms with Crippen molar-refractivity contribution in [2.75, 3.05) is 26.1 Å². The molecule has 0 radical (unpaired) electrons. The number of ether oxygens (including phenoxy) is 2. The van der Waals surface area contributed by atoms with Gasteiger partial charge in [-0.3, -0.25) is 4.79 Å². The summed E-state index contributed by atoms with van der Waals surface area (Å²) in [4.78, 5) is 12.3. The second-order valence-electron chi connectivity index (χ2n) is 5.47. The number of methoxy groups -OCH3 is 2. The van der Waals surface area contributed by atoms with Crippen molar-refractivity contribution in [1.82, 2.24) is 15.5 Å². The van der Waals surface area contributed by atoms with Crippen molar-refractivity contribution in [3.05, 3.63) is 23.8 Å². The molecule has 1 aromatic heterocycles. The number of aromatic nitrogens is 2. The van der Waals surface area contributed by atoms with E-state index in [1.807, 2.05) is 25.1 Å². The van der Waals surface area contributed by atoms with Crippen LogP contribution in [0.3, 0.4) is 0 Å². The number of carbonyl (C=O) groups excluding carboxylic acids is 1. The summed E-state index contributed by atoms with van der Waals surface area (Å²) in [6.45, 7) is 5.23. The van der Waals surface area contributed by atoms with E-state index in [0.717, 1.165) is 28.0 Å². The molecule has 0 saturated carbocycles. The summed E-state index contributed by atoms with van der Waals surface area (Å²) in [5.41, 5.74) is 0.940. The summed E-state index contributed by atoms with van der Waals surface area (Å²) in [6.07, 6.45) is 1.02. The highest BCUT2D eigenvalue weighted by atomic mass is 32.2. The highest BCUT2D eigenvalue weighted by Crippen LogP contribution is 2.29. The second-order valence-corrected chi connectivity index (χ2v) is 8.03. The maximum atomic E-state index is 12.3. The van der Waals surface area contributed by atoms with Gasteiger partial charge in [-0.2, -0.15) is 0 Å². The van der Waals surface area contributed by atoms with Gasteiger partial charge in [0.25, 0.3) is 0 Å². The maximum Gasteiger partial charge on any atom is 0.233 e. The Balaban J connectivity index is 1.86. The van der Waals surface area contributed by atoms with Gasteiger partial charge in [-0.25, -0.2) is 0 Å². The van der Waals surface area contributed by atoms with Gasteiger partial charge in [-0.15, -0.1) is 10.2 Å². The van der Waals surface area contributed by atoms with Crippen LogP contribution < -0.4 is 20.1 Å². The average Bonchev–Trinajstić information content (AvgIpc) is 3.11. The van der Waals surface area contributed by atoms with Crippen LogP contribution in [0.15, 0.2) is 22.5 Å². The summed E-state index contributed by atoms with van der Waals surface area (Å²) in [7, 11) is 3.18. The van der Waals surface area contributed by atoms with E-state index in [2.05, 4.69) is 27.8 Å². The Kier molecular flexibility index (Phi) is 7.99. The van der Waals surface area contributed by atoms with Gasteiger partial charge in [0.15, 0.2) is 15.8 Å². The van der Waals surface area contributed by atoms with Crippen LogP contribution in [0.25, 0.3) is 0 Å². The fourth-order valence-electron chi connectivity index (χ4n) is 2.09. The molecule has 1 atom stereocenters. The molecule has 2 rings (SSSR count). The topological polar surface area (TPSA) is 85.4 Å². The summed E-state index contributed by atoms with van der Waals surface area (Å²) >= 11 is 2.86. The maximum absolute atomic E-state index is 12.3. The number of hydrogen-bond acceptors (Lipinski definition) is 8. The number of amides is 1. The standard InChI is InChI=1S/C17H24N4O3S2/c1-5-8-18-16-20-21-17(26-16)25-11(2)15(22)19-10-12-6-7-13(23-3)14(9-12)24-4/h6-7,9,11H,5,8,10H2,1-4H3,(H,18,20)(H,19,22)/t11-/m0/s1. The Morgan fingerprint density at radius 1 is 1.27 bits per heavy atom. The molecule has 0 saturated heterocycles. The summed E-state index contributed by atoms with van der Waals surface area (Å²) in [5, 5.41) is 14.8. The Morgan fingerprint density at radius 3 is 2.73 bits per heavy atom. The highest BCUT2D eigenvalue weighted by molar-refractivity contribution is 8.02. The molecular formula is C17H24N4O3S2. The number of nitrogens with zero attached hydrogens (tertiary/aromatic N) is 2. The van der Waals surface area contributed by atoms with Gasteiger partial charge < -0.3 is 20.1 Å². The molecule has 1 heterocycles. The average molecular weight is 397 g/mol. The zero-order chi connectivity index (χ0) is 18.9. The predicted molar refractivity (Wildman–Crippen MR) is 105 cm³/mol. The quantitative estimate of drug-likeness (QED) is 0.597. The van der Waals surface area contributed by atoms with Crippen LogP contribution in [0.1, 0.15) is 25.8 Å². The molecule has 0 unspecified atom stereocenters. The van der Waals surface area contributed by atoms with Gasteiger partial charge >= 0.3 is 0 Å². The lowest BCUT2D eigenvalue weighted by Crippen LogP contribution is -2.30. The van der Waals surface area contributed by atoms with E-state index in [1.165, 1.54) is 23.1 Å². The Morgan fingerprint density at radius 2 is 2.04 bits per heavy atom. The molecule has 1 amide bonds. The number of nitrogens with one attached hydrogen (secondary N) is 2. The molecule has 0 bridgehead atoms. The zero-order valence-corrected chi connectivity index (χ0v) is 17.0. The minimum atomic E-state index is -0.262. The Bertz CT molecular complexity index is 724. The summed E-state index contributed by atoms with van der Waals surface area (Å²) < 4.78 is 11.3. The van der Waals surface area contributed by atoms with Gasteiger partial charge in [-0.1, -0.05) is 36.1 Å². The SMILES string of the molecule is CCCNc1nnc(S[C@@H](C)C(=O)NCc2ccc(OC)c(OC)c2)s1. The molecule has 0 aliphatic carbocycles. The third-order valence-electron chi connectivity index (χ3n) is 3.49. The van der Waals surface area contributed by atoms with Gasteiger partial charge in [0.05, 0.1) is 19.5 Å². The van der Waals surface area contributed by atoms with Crippen LogP contribution in [0, 0.1) is 0 Å². The summed E-state index contributed by atoms with van der Waals surface area (Å²) in [6, 6.07) is 5.58. The smallest absolute Gasteiger partial charge is 0.233 e. The van der Waals surface area contributed by atoms with Crippen LogP contribution >= 0.6 is 23.1 Å². The predicted octanol–water partition coefficient (Wildman–Crippen LogP) is 3.17. The van der Waals surface area contributed by atoms with Gasteiger partial charge in [0.1, 0.15) is 0 Å². The molecule has 0 fully saturated rings. The van der Waals surface area contributed by atoms with Crippen LogP contribution in [0.4, 0.5) is 5.13 Å². The third-order valence-corrected chi connectivity index (χ3v) is 5.56. The monoisotopic (exact) mass is 396 g/mol. The number of hydrogen-bond donors (Lipinski definition) is 2. The number of rotatable bonds is 10. The van der Waals surface area contributed by atoms with E-state index in [1.54, 1.807) is 14.2 Å². The van der Waals surface area contributed by atoms with E-state index >= 15 is 0 Å². The lowest BCUT2D eigenvalue weighted by atomic mass is 10.2. The minimum absolute atomic E-state index is 0.0527. The van der Waals surface area contributed by atoms with E-state index in [4.69, 9.17) is 9.47 Å². The van der Waals surface area contributed by atoms with Crippen LogP contribution in [-0.2, 0) is 11.3 Å². The first-order valence-electron chi connectivity index (χ1n) is 8.30. The molecule has 0 spiro atoms. The first-order valence-corrected chi connectivity index (χ1v) is 9.99. The third kappa shape index (κ3) is 5.77. The minimum Gasteiger partial charge on any atom is -0.493 e. The first kappa shape index (κ1) is 20.3. The molecule has 2 N–H and O–H groups in total. The van der Waals surface area contributed by atoms with Crippen molar-refractivity contribution in [3.63, 3.8) is 0 Å². The molecule has 2 aromatic rings. The van der Waals surface area contributed by atoms with Crippen molar-refractivity contribution in [2.24, 2.45) is 0 Å². The normalized spacial score (nSPS) is 11.7. The Labute approximate surface area is 161 Å². The molecule has 142 valence electrons. The lowest BCUT2D eigenvalue weighted by Gasteiger charge is -2.12. The first-order chi connectivity index (χ1) is 12.6. The summed E-state index contributed by atoms with van der Waals surface area (Å²) in [5.74, 6) is 1.25. The highest BCUT2D eigenvalue weighted by Gasteiger charge is 2.17. The van der Waals surface area contributed by atoms with Crippen molar-refractivity contribution in [1.29, 1.82) is 0 Å². The van der Waals surface area contributed by atoms with E-state index in [0.29, 0.717) is 18.0 Å². The number of carbonyl (C=O) groups is 1. The van der Waals surface area contributed by atoms with Crippen LogP contribution in [-0.4, -0.2) is 42.1 Å². The molecule has 1 aromatic carbocycles.